The fourth-order valence-corrected chi connectivity index (χ4v) is 3.21. The van der Waals surface area contributed by atoms with Gasteiger partial charge in [0.05, 0.1) is 22.2 Å². The summed E-state index contributed by atoms with van der Waals surface area (Å²) in [6.45, 7) is -0.309. The highest BCUT2D eigenvalue weighted by Gasteiger charge is 2.13. The molecule has 2 amide bonds. The summed E-state index contributed by atoms with van der Waals surface area (Å²) in [7, 11) is -4.04. The van der Waals surface area contributed by atoms with Crippen molar-refractivity contribution >= 4 is 50.6 Å². The Kier molecular flexibility index (Phi) is 7.03. The van der Waals surface area contributed by atoms with Crippen LogP contribution >= 0.6 is 11.6 Å². The Balaban J connectivity index is 1.60. The minimum absolute atomic E-state index is 0.0730. The van der Waals surface area contributed by atoms with Gasteiger partial charge in [-0.15, -0.1) is 0 Å². The second-order valence-corrected chi connectivity index (χ2v) is 8.48. The Labute approximate surface area is 187 Å². The van der Waals surface area contributed by atoms with E-state index in [2.05, 4.69) is 20.9 Å². The lowest BCUT2D eigenvalue weighted by molar-refractivity contribution is -0.114. The van der Waals surface area contributed by atoms with E-state index in [0.717, 1.165) is 18.2 Å². The highest BCUT2D eigenvalue weighted by atomic mass is 35.5. The molecule has 0 radical (unpaired) electrons. The molecule has 0 spiro atoms. The second-order valence-electron chi connectivity index (χ2n) is 6.48. The van der Waals surface area contributed by atoms with Gasteiger partial charge >= 0.3 is 0 Å². The van der Waals surface area contributed by atoms with Gasteiger partial charge in [-0.1, -0.05) is 17.7 Å². The van der Waals surface area contributed by atoms with E-state index >= 15 is 0 Å². The van der Waals surface area contributed by atoms with Crippen molar-refractivity contribution in [3.63, 3.8) is 0 Å². The van der Waals surface area contributed by atoms with E-state index in [0.29, 0.717) is 16.5 Å². The van der Waals surface area contributed by atoms with Gasteiger partial charge in [0.1, 0.15) is 11.6 Å². The van der Waals surface area contributed by atoms with Crippen LogP contribution in [0, 0.1) is 5.82 Å². The van der Waals surface area contributed by atoms with Gasteiger partial charge in [0.2, 0.25) is 15.9 Å². The van der Waals surface area contributed by atoms with Gasteiger partial charge in [-0.3, -0.25) is 9.59 Å². The molecule has 0 bridgehead atoms. The molecule has 9 nitrogen and oxygen atoms in total. The predicted molar refractivity (Wildman–Crippen MR) is 119 cm³/mol. The lowest BCUT2D eigenvalue weighted by atomic mass is 10.2. The number of nitrogens with zero attached hydrogens (tertiary/aromatic N) is 1. The van der Waals surface area contributed by atoms with Crippen molar-refractivity contribution in [3.05, 3.63) is 77.2 Å². The minimum Gasteiger partial charge on any atom is -0.374 e. The average Bonchev–Trinajstić information content (AvgIpc) is 2.74. The number of primary sulfonamides is 1. The molecule has 0 saturated heterocycles. The summed E-state index contributed by atoms with van der Waals surface area (Å²) < 4.78 is 36.5. The first-order chi connectivity index (χ1) is 15.1. The second kappa shape index (κ2) is 9.73. The third-order valence-electron chi connectivity index (χ3n) is 4.09. The van der Waals surface area contributed by atoms with E-state index in [1.54, 1.807) is 30.3 Å². The minimum atomic E-state index is -4.04. The van der Waals surface area contributed by atoms with Gasteiger partial charge in [0.25, 0.3) is 5.91 Å². The lowest BCUT2D eigenvalue weighted by Crippen LogP contribution is -2.22. The van der Waals surface area contributed by atoms with Gasteiger partial charge in [-0.2, -0.15) is 0 Å². The van der Waals surface area contributed by atoms with E-state index in [-0.39, 0.29) is 22.7 Å². The molecule has 3 rings (SSSR count). The van der Waals surface area contributed by atoms with Gasteiger partial charge in [-0.25, -0.2) is 22.9 Å². The number of rotatable bonds is 7. The number of aromatic nitrogens is 1. The zero-order valence-corrected chi connectivity index (χ0v) is 17.9. The Morgan fingerprint density at radius 2 is 1.84 bits per heavy atom. The number of benzene rings is 2. The third kappa shape index (κ3) is 6.23. The van der Waals surface area contributed by atoms with Crippen LogP contribution in [0.3, 0.4) is 0 Å². The normalized spacial score (nSPS) is 11.0. The number of nitrogens with one attached hydrogen (secondary N) is 3. The van der Waals surface area contributed by atoms with Crippen LogP contribution in [0.5, 0.6) is 0 Å². The van der Waals surface area contributed by atoms with Gasteiger partial charge in [0, 0.05) is 17.4 Å². The molecule has 1 aromatic heterocycles. The number of carbonyl (C=O) groups excluding carboxylic acids is 2. The SMILES string of the molecule is NS(=O)(=O)c1ccc(NCC(=O)Nc2cccc(C(=O)Nc3ccc(Cl)cn3)c2)c(F)c1. The first-order valence-corrected chi connectivity index (χ1v) is 10.9. The Morgan fingerprint density at radius 3 is 2.50 bits per heavy atom. The number of halogens is 2. The zero-order valence-electron chi connectivity index (χ0n) is 16.3. The summed E-state index contributed by atoms with van der Waals surface area (Å²) in [5, 5.41) is 13.1. The standard InChI is InChI=1S/C20H17ClFN5O4S/c21-13-4-7-18(25-10-13)27-20(29)12-2-1-3-14(8-12)26-19(28)11-24-17-6-5-15(9-16(17)22)32(23,30)31/h1-10,24H,11H2,(H,26,28)(H2,23,30,31)(H,25,27,29). The van der Waals surface area contributed by atoms with Gasteiger partial charge < -0.3 is 16.0 Å². The lowest BCUT2D eigenvalue weighted by Gasteiger charge is -2.10. The number of nitrogens with two attached hydrogens (primary N) is 1. The number of amides is 2. The molecular formula is C20H17ClFN5O4S. The van der Waals surface area contributed by atoms with E-state index in [9.17, 15) is 22.4 Å². The Bertz CT molecular complexity index is 1270. The number of carbonyl (C=O) groups is 2. The first-order valence-electron chi connectivity index (χ1n) is 9.01. The largest absolute Gasteiger partial charge is 0.374 e. The number of sulfonamides is 1. The molecule has 5 N–H and O–H groups in total. The summed E-state index contributed by atoms with van der Waals surface area (Å²) in [5.41, 5.74) is 0.548. The van der Waals surface area contributed by atoms with Crippen LogP contribution in [0.2, 0.25) is 5.02 Å². The monoisotopic (exact) mass is 477 g/mol. The maximum atomic E-state index is 14.0. The Hall–Kier alpha value is -3.54. The number of anilines is 3. The van der Waals surface area contributed by atoms with Crippen LogP contribution < -0.4 is 21.1 Å². The van der Waals surface area contributed by atoms with Gasteiger partial charge in [-0.05, 0) is 48.5 Å². The van der Waals surface area contributed by atoms with Crippen molar-refractivity contribution in [1.29, 1.82) is 0 Å². The summed E-state index contributed by atoms with van der Waals surface area (Å²) in [4.78, 5) is 28.2. The molecule has 3 aromatic rings. The number of hydrogen-bond acceptors (Lipinski definition) is 6. The summed E-state index contributed by atoms with van der Waals surface area (Å²) in [6, 6.07) is 12.4. The quantitative estimate of drug-likeness (QED) is 0.412. The van der Waals surface area contributed by atoms with Crippen molar-refractivity contribution in [2.24, 2.45) is 5.14 Å². The fraction of sp³-hybridized carbons (Fsp3) is 0.0500. The summed E-state index contributed by atoms with van der Waals surface area (Å²) >= 11 is 5.76. The van der Waals surface area contributed by atoms with Crippen LogP contribution in [-0.2, 0) is 14.8 Å². The highest BCUT2D eigenvalue weighted by molar-refractivity contribution is 7.89. The van der Waals surface area contributed by atoms with Gasteiger partial charge in [0.15, 0.2) is 0 Å². The molecule has 166 valence electrons. The van der Waals surface area contributed by atoms with E-state index in [1.165, 1.54) is 12.3 Å². The van der Waals surface area contributed by atoms with Crippen molar-refractivity contribution in [1.82, 2.24) is 4.98 Å². The molecule has 0 atom stereocenters. The summed E-state index contributed by atoms with van der Waals surface area (Å²) in [5.74, 6) is -1.52. The summed E-state index contributed by atoms with van der Waals surface area (Å²) in [6.07, 6.45) is 1.39. The highest BCUT2D eigenvalue weighted by Crippen LogP contribution is 2.18. The van der Waals surface area contributed by atoms with Crippen LogP contribution in [-0.4, -0.2) is 31.8 Å². The topological polar surface area (TPSA) is 143 Å². The van der Waals surface area contributed by atoms with Crippen LogP contribution in [0.15, 0.2) is 65.7 Å². The molecule has 2 aromatic carbocycles. The number of hydrogen-bond donors (Lipinski definition) is 4. The molecule has 12 heteroatoms. The van der Waals surface area contributed by atoms with Crippen molar-refractivity contribution in [2.75, 3.05) is 22.5 Å². The Morgan fingerprint density at radius 1 is 1.06 bits per heavy atom. The van der Waals surface area contributed by atoms with Crippen LogP contribution in [0.4, 0.5) is 21.6 Å². The average molecular weight is 478 g/mol. The molecule has 0 aliphatic carbocycles. The van der Waals surface area contributed by atoms with E-state index in [1.807, 2.05) is 0 Å². The van der Waals surface area contributed by atoms with Crippen LogP contribution in [0.1, 0.15) is 10.4 Å². The van der Waals surface area contributed by atoms with E-state index in [4.69, 9.17) is 16.7 Å². The molecule has 1 heterocycles. The zero-order chi connectivity index (χ0) is 23.3. The molecular weight excluding hydrogens is 461 g/mol. The maximum Gasteiger partial charge on any atom is 0.256 e. The van der Waals surface area contributed by atoms with Crippen molar-refractivity contribution in [2.45, 2.75) is 4.90 Å². The van der Waals surface area contributed by atoms with Crippen molar-refractivity contribution in [3.8, 4) is 0 Å². The molecule has 0 saturated carbocycles. The molecule has 32 heavy (non-hydrogen) atoms. The molecule has 0 unspecified atom stereocenters. The fourth-order valence-electron chi connectivity index (χ4n) is 2.57. The maximum absolute atomic E-state index is 14.0. The molecule has 0 aliphatic heterocycles. The third-order valence-corrected chi connectivity index (χ3v) is 5.22. The smallest absolute Gasteiger partial charge is 0.256 e. The first kappa shape index (κ1) is 23.1. The van der Waals surface area contributed by atoms with Crippen molar-refractivity contribution < 1.29 is 22.4 Å². The van der Waals surface area contributed by atoms with E-state index < -0.39 is 27.7 Å². The molecule has 0 fully saturated rings. The number of pyridine rings is 1. The van der Waals surface area contributed by atoms with Crippen LogP contribution in [0.25, 0.3) is 0 Å². The molecule has 0 aliphatic rings. The predicted octanol–water partition coefficient (Wildman–Crippen LogP) is 2.82.